The lowest BCUT2D eigenvalue weighted by molar-refractivity contribution is 0.178. The number of benzene rings is 2. The molecule has 0 bridgehead atoms. The fourth-order valence-corrected chi connectivity index (χ4v) is 2.11. The molecule has 0 aliphatic carbocycles. The molecule has 0 spiro atoms. The molecule has 0 amide bonds. The van der Waals surface area contributed by atoms with E-state index in [9.17, 15) is 5.11 Å². The van der Waals surface area contributed by atoms with Crippen LogP contribution in [0.15, 0.2) is 42.5 Å². The van der Waals surface area contributed by atoms with Gasteiger partial charge in [0.25, 0.3) is 0 Å². The molecule has 94 valence electrons. The second kappa shape index (κ2) is 5.23. The number of nitrogens with two attached hydrogens (primary N) is 1. The van der Waals surface area contributed by atoms with Gasteiger partial charge in [0.1, 0.15) is 0 Å². The Morgan fingerprint density at radius 2 is 1.89 bits per heavy atom. The highest BCUT2D eigenvalue weighted by Crippen LogP contribution is 2.22. The van der Waals surface area contributed by atoms with Crippen molar-refractivity contribution in [1.29, 1.82) is 0 Å². The van der Waals surface area contributed by atoms with E-state index in [2.05, 4.69) is 32.0 Å². The Morgan fingerprint density at radius 3 is 2.61 bits per heavy atom. The van der Waals surface area contributed by atoms with Crippen LogP contribution >= 0.6 is 0 Å². The molecule has 0 aliphatic rings. The second-order valence-corrected chi connectivity index (χ2v) is 4.82. The first-order chi connectivity index (χ1) is 8.56. The van der Waals surface area contributed by atoms with Crippen molar-refractivity contribution >= 4 is 5.69 Å². The molecule has 0 saturated heterocycles. The van der Waals surface area contributed by atoms with Gasteiger partial charge in [-0.25, -0.2) is 0 Å². The Bertz CT molecular complexity index is 549. The summed E-state index contributed by atoms with van der Waals surface area (Å²) >= 11 is 0. The van der Waals surface area contributed by atoms with Crippen LogP contribution in [0.4, 0.5) is 5.69 Å². The lowest BCUT2D eigenvalue weighted by Gasteiger charge is -2.14. The van der Waals surface area contributed by atoms with E-state index in [1.807, 2.05) is 24.3 Å². The van der Waals surface area contributed by atoms with Gasteiger partial charge in [-0.3, -0.25) is 0 Å². The maximum absolute atomic E-state index is 10.3. The maximum Gasteiger partial charge on any atom is 0.0831 e. The van der Waals surface area contributed by atoms with E-state index in [1.54, 1.807) is 0 Å². The molecule has 1 unspecified atom stereocenters. The Hall–Kier alpha value is -1.80. The van der Waals surface area contributed by atoms with Gasteiger partial charge in [-0.2, -0.15) is 0 Å². The lowest BCUT2D eigenvalue weighted by atomic mass is 9.96. The number of anilines is 1. The van der Waals surface area contributed by atoms with Crippen molar-refractivity contribution in [3.05, 3.63) is 64.7 Å². The van der Waals surface area contributed by atoms with Gasteiger partial charge in [0.2, 0.25) is 0 Å². The Morgan fingerprint density at radius 1 is 1.11 bits per heavy atom. The van der Waals surface area contributed by atoms with Crippen molar-refractivity contribution < 1.29 is 5.11 Å². The van der Waals surface area contributed by atoms with E-state index >= 15 is 0 Å². The minimum Gasteiger partial charge on any atom is -0.399 e. The van der Waals surface area contributed by atoms with Crippen LogP contribution in [-0.4, -0.2) is 5.11 Å². The third-order valence-electron chi connectivity index (χ3n) is 3.21. The van der Waals surface area contributed by atoms with E-state index in [-0.39, 0.29) is 0 Å². The monoisotopic (exact) mass is 241 g/mol. The van der Waals surface area contributed by atoms with Crippen LogP contribution < -0.4 is 5.73 Å². The first kappa shape index (κ1) is 12.7. The van der Waals surface area contributed by atoms with Crippen molar-refractivity contribution in [1.82, 2.24) is 0 Å². The summed E-state index contributed by atoms with van der Waals surface area (Å²) < 4.78 is 0. The summed E-state index contributed by atoms with van der Waals surface area (Å²) in [6.07, 6.45) is 0.116. The molecule has 2 heteroatoms. The van der Waals surface area contributed by atoms with Crippen molar-refractivity contribution in [2.75, 3.05) is 5.73 Å². The molecule has 1 atom stereocenters. The molecule has 0 fully saturated rings. The molecule has 0 radical (unpaired) electrons. The fraction of sp³-hybridized carbons (Fsp3) is 0.250. The molecular formula is C16H19NO. The molecule has 0 heterocycles. The molecule has 3 N–H and O–H groups in total. The number of rotatable bonds is 3. The molecule has 2 aromatic rings. The van der Waals surface area contributed by atoms with E-state index in [0.29, 0.717) is 12.1 Å². The SMILES string of the molecule is Cc1ccc(C)c(CC(O)c2cccc(N)c2)c1. The topological polar surface area (TPSA) is 46.2 Å². The Balaban J connectivity index is 2.21. The van der Waals surface area contributed by atoms with Gasteiger partial charge in [0.05, 0.1) is 6.10 Å². The first-order valence-corrected chi connectivity index (χ1v) is 6.16. The van der Waals surface area contributed by atoms with Gasteiger partial charge < -0.3 is 10.8 Å². The zero-order chi connectivity index (χ0) is 13.1. The van der Waals surface area contributed by atoms with Crippen LogP contribution in [0, 0.1) is 13.8 Å². The number of aryl methyl sites for hydroxylation is 2. The molecule has 2 nitrogen and oxygen atoms in total. The van der Waals surface area contributed by atoms with Crippen molar-refractivity contribution in [3.63, 3.8) is 0 Å². The van der Waals surface area contributed by atoms with Crippen LogP contribution in [0.2, 0.25) is 0 Å². The summed E-state index contributed by atoms with van der Waals surface area (Å²) in [6.45, 7) is 4.14. The molecule has 0 aromatic heterocycles. The molecule has 0 aliphatic heterocycles. The average molecular weight is 241 g/mol. The molecular weight excluding hydrogens is 222 g/mol. The van der Waals surface area contributed by atoms with Crippen molar-refractivity contribution in [3.8, 4) is 0 Å². The summed E-state index contributed by atoms with van der Waals surface area (Å²) in [5, 5.41) is 10.3. The Labute approximate surface area is 108 Å². The van der Waals surface area contributed by atoms with Gasteiger partial charge in [-0.15, -0.1) is 0 Å². The zero-order valence-corrected chi connectivity index (χ0v) is 10.9. The van der Waals surface area contributed by atoms with Gasteiger partial charge in [-0.1, -0.05) is 35.9 Å². The smallest absolute Gasteiger partial charge is 0.0831 e. The fourth-order valence-electron chi connectivity index (χ4n) is 2.11. The number of hydrogen-bond acceptors (Lipinski definition) is 2. The van der Waals surface area contributed by atoms with Crippen molar-refractivity contribution in [2.24, 2.45) is 0 Å². The summed E-state index contributed by atoms with van der Waals surface area (Å²) in [5.74, 6) is 0. The van der Waals surface area contributed by atoms with Gasteiger partial charge in [0, 0.05) is 12.1 Å². The minimum atomic E-state index is -0.506. The summed E-state index contributed by atoms with van der Waals surface area (Å²) in [5.41, 5.74) is 10.9. The third-order valence-corrected chi connectivity index (χ3v) is 3.21. The predicted molar refractivity (Wildman–Crippen MR) is 75.4 cm³/mol. The maximum atomic E-state index is 10.3. The van der Waals surface area contributed by atoms with E-state index in [0.717, 1.165) is 5.56 Å². The van der Waals surface area contributed by atoms with Gasteiger partial charge >= 0.3 is 0 Å². The molecule has 0 saturated carbocycles. The standard InChI is InChI=1S/C16H19NO/c1-11-6-7-12(2)14(8-11)10-16(18)13-4-3-5-15(17)9-13/h3-9,16,18H,10,17H2,1-2H3. The van der Waals surface area contributed by atoms with E-state index < -0.39 is 6.10 Å². The lowest BCUT2D eigenvalue weighted by Crippen LogP contribution is -2.04. The van der Waals surface area contributed by atoms with Crippen LogP contribution in [0.3, 0.4) is 0 Å². The summed E-state index contributed by atoms with van der Waals surface area (Å²) in [6, 6.07) is 13.8. The largest absolute Gasteiger partial charge is 0.399 e. The van der Waals surface area contributed by atoms with Crippen LogP contribution in [0.5, 0.6) is 0 Å². The van der Waals surface area contributed by atoms with Crippen LogP contribution in [0.25, 0.3) is 0 Å². The highest BCUT2D eigenvalue weighted by atomic mass is 16.3. The molecule has 2 aromatic carbocycles. The number of nitrogen functional groups attached to an aromatic ring is 1. The highest BCUT2D eigenvalue weighted by Gasteiger charge is 2.10. The molecule has 2 rings (SSSR count). The van der Waals surface area contributed by atoms with E-state index in [4.69, 9.17) is 5.73 Å². The summed E-state index contributed by atoms with van der Waals surface area (Å²) in [4.78, 5) is 0. The Kier molecular flexibility index (Phi) is 3.68. The minimum absolute atomic E-state index is 0.506. The number of hydrogen-bond donors (Lipinski definition) is 2. The third kappa shape index (κ3) is 2.90. The second-order valence-electron chi connectivity index (χ2n) is 4.82. The quantitative estimate of drug-likeness (QED) is 0.811. The van der Waals surface area contributed by atoms with Gasteiger partial charge in [0.15, 0.2) is 0 Å². The highest BCUT2D eigenvalue weighted by molar-refractivity contribution is 5.42. The average Bonchev–Trinajstić information content (AvgIpc) is 2.34. The van der Waals surface area contributed by atoms with Crippen molar-refractivity contribution in [2.45, 2.75) is 26.4 Å². The number of aliphatic hydroxyl groups is 1. The van der Waals surface area contributed by atoms with Gasteiger partial charge in [-0.05, 0) is 42.7 Å². The predicted octanol–water partition coefficient (Wildman–Crippen LogP) is 3.16. The molecule has 18 heavy (non-hydrogen) atoms. The van der Waals surface area contributed by atoms with Crippen LogP contribution in [-0.2, 0) is 6.42 Å². The first-order valence-electron chi connectivity index (χ1n) is 6.16. The van der Waals surface area contributed by atoms with Crippen LogP contribution in [0.1, 0.15) is 28.4 Å². The number of aliphatic hydroxyl groups excluding tert-OH is 1. The normalized spacial score (nSPS) is 12.4. The summed E-state index contributed by atoms with van der Waals surface area (Å²) in [7, 11) is 0. The van der Waals surface area contributed by atoms with E-state index in [1.165, 1.54) is 16.7 Å². The zero-order valence-electron chi connectivity index (χ0n) is 10.9.